The predicted molar refractivity (Wildman–Crippen MR) is 72.9 cm³/mol. The van der Waals surface area contributed by atoms with E-state index in [4.69, 9.17) is 10.5 Å². The van der Waals surface area contributed by atoms with Crippen LogP contribution in [-0.4, -0.2) is 34.1 Å². The Morgan fingerprint density at radius 3 is 2.80 bits per heavy atom. The van der Waals surface area contributed by atoms with Gasteiger partial charge in [-0.2, -0.15) is 0 Å². The molecule has 0 spiro atoms. The van der Waals surface area contributed by atoms with Crippen molar-refractivity contribution in [1.82, 2.24) is 20.3 Å². The minimum absolute atomic E-state index is 0.102. The van der Waals surface area contributed by atoms with Crippen molar-refractivity contribution in [2.24, 2.45) is 5.73 Å². The Bertz CT molecular complexity index is 524. The number of nitrogens with one attached hydrogen (secondary N) is 1. The standard InChI is InChI=1S/C13H17N5O2/c14-13(19)10-20-12-3-1-11(2-4-12)9-15-5-7-18-8-6-16-17-18/h1-4,6,8,15H,5,7,9-10H2,(H2,14,19). The molecule has 1 aromatic carbocycles. The number of nitrogens with two attached hydrogens (primary N) is 1. The first kappa shape index (κ1) is 14.0. The van der Waals surface area contributed by atoms with E-state index in [-0.39, 0.29) is 6.61 Å². The van der Waals surface area contributed by atoms with Gasteiger partial charge < -0.3 is 15.8 Å². The first-order valence-corrected chi connectivity index (χ1v) is 6.29. The molecule has 7 heteroatoms. The zero-order valence-corrected chi connectivity index (χ0v) is 11.0. The summed E-state index contributed by atoms with van der Waals surface area (Å²) >= 11 is 0. The summed E-state index contributed by atoms with van der Waals surface area (Å²) in [5.41, 5.74) is 6.14. The van der Waals surface area contributed by atoms with E-state index in [2.05, 4.69) is 15.6 Å². The van der Waals surface area contributed by atoms with Crippen molar-refractivity contribution >= 4 is 5.91 Å². The summed E-state index contributed by atoms with van der Waals surface area (Å²) in [5, 5.41) is 10.9. The first-order valence-electron chi connectivity index (χ1n) is 6.29. The van der Waals surface area contributed by atoms with E-state index >= 15 is 0 Å². The summed E-state index contributed by atoms with van der Waals surface area (Å²) in [5.74, 6) is 0.152. The maximum Gasteiger partial charge on any atom is 0.255 e. The molecule has 0 unspecified atom stereocenters. The molecule has 0 atom stereocenters. The van der Waals surface area contributed by atoms with Gasteiger partial charge in [-0.3, -0.25) is 9.48 Å². The molecule has 0 saturated carbocycles. The van der Waals surface area contributed by atoms with Crippen molar-refractivity contribution in [2.45, 2.75) is 13.1 Å². The predicted octanol–water partition coefficient (Wildman–Crippen LogP) is -0.0680. The highest BCUT2D eigenvalue weighted by Gasteiger charge is 1.98. The van der Waals surface area contributed by atoms with Gasteiger partial charge in [0.05, 0.1) is 12.7 Å². The average Bonchev–Trinajstić information content (AvgIpc) is 2.96. The maximum absolute atomic E-state index is 10.6. The Morgan fingerprint density at radius 1 is 1.35 bits per heavy atom. The van der Waals surface area contributed by atoms with Gasteiger partial charge in [0, 0.05) is 19.3 Å². The van der Waals surface area contributed by atoms with Crippen LogP contribution in [0.15, 0.2) is 36.7 Å². The van der Waals surface area contributed by atoms with E-state index in [9.17, 15) is 4.79 Å². The fraction of sp³-hybridized carbons (Fsp3) is 0.308. The number of hydrogen-bond donors (Lipinski definition) is 2. The smallest absolute Gasteiger partial charge is 0.255 e. The molecule has 0 radical (unpaired) electrons. The van der Waals surface area contributed by atoms with E-state index in [0.717, 1.165) is 25.2 Å². The molecule has 3 N–H and O–H groups in total. The van der Waals surface area contributed by atoms with Crippen LogP contribution in [0, 0.1) is 0 Å². The van der Waals surface area contributed by atoms with Crippen molar-refractivity contribution in [2.75, 3.05) is 13.2 Å². The van der Waals surface area contributed by atoms with Crippen LogP contribution in [0.3, 0.4) is 0 Å². The highest BCUT2D eigenvalue weighted by atomic mass is 16.5. The fourth-order valence-electron chi connectivity index (χ4n) is 1.64. The normalized spacial score (nSPS) is 10.4. The molecule has 0 saturated heterocycles. The topological polar surface area (TPSA) is 95.1 Å². The van der Waals surface area contributed by atoms with Crippen LogP contribution < -0.4 is 15.8 Å². The Kier molecular flexibility index (Phi) is 5.08. The summed E-state index contributed by atoms with van der Waals surface area (Å²) in [7, 11) is 0. The lowest BCUT2D eigenvalue weighted by Gasteiger charge is -2.07. The second-order valence-corrected chi connectivity index (χ2v) is 4.24. The molecule has 0 aliphatic heterocycles. The quantitative estimate of drug-likeness (QED) is 0.658. The summed E-state index contributed by atoms with van der Waals surface area (Å²) in [6.07, 6.45) is 3.48. The fourth-order valence-corrected chi connectivity index (χ4v) is 1.64. The summed E-state index contributed by atoms with van der Waals surface area (Å²) in [6, 6.07) is 7.52. The number of primary amides is 1. The molecule has 106 valence electrons. The lowest BCUT2D eigenvalue weighted by atomic mass is 10.2. The Hall–Kier alpha value is -2.41. The Balaban J connectivity index is 1.69. The second-order valence-electron chi connectivity index (χ2n) is 4.24. The largest absolute Gasteiger partial charge is 0.484 e. The number of aromatic nitrogens is 3. The SMILES string of the molecule is NC(=O)COc1ccc(CNCCn2ccnn2)cc1. The van der Waals surface area contributed by atoms with E-state index < -0.39 is 5.91 Å². The van der Waals surface area contributed by atoms with Crippen LogP contribution in [0.5, 0.6) is 5.75 Å². The van der Waals surface area contributed by atoms with Crippen molar-refractivity contribution in [3.05, 3.63) is 42.2 Å². The number of carbonyl (C=O) groups excluding carboxylic acids is 1. The highest BCUT2D eigenvalue weighted by molar-refractivity contribution is 5.75. The molecule has 1 amide bonds. The molecule has 2 rings (SSSR count). The number of hydrogen-bond acceptors (Lipinski definition) is 5. The van der Waals surface area contributed by atoms with Crippen molar-refractivity contribution in [3.63, 3.8) is 0 Å². The third-order valence-electron chi connectivity index (χ3n) is 2.62. The van der Waals surface area contributed by atoms with Crippen molar-refractivity contribution < 1.29 is 9.53 Å². The van der Waals surface area contributed by atoms with Gasteiger partial charge in [0.1, 0.15) is 5.75 Å². The molecule has 1 heterocycles. The van der Waals surface area contributed by atoms with Crippen molar-refractivity contribution in [1.29, 1.82) is 0 Å². The van der Waals surface area contributed by atoms with Crippen molar-refractivity contribution in [3.8, 4) is 5.75 Å². The molecule has 20 heavy (non-hydrogen) atoms. The Labute approximate surface area is 116 Å². The first-order chi connectivity index (χ1) is 9.74. The van der Waals surface area contributed by atoms with E-state index in [1.807, 2.05) is 30.5 Å². The van der Waals surface area contributed by atoms with Gasteiger partial charge in [-0.1, -0.05) is 17.3 Å². The second kappa shape index (κ2) is 7.25. The average molecular weight is 275 g/mol. The molecule has 0 aliphatic carbocycles. The van der Waals surface area contributed by atoms with Gasteiger partial charge in [-0.25, -0.2) is 0 Å². The monoisotopic (exact) mass is 275 g/mol. The van der Waals surface area contributed by atoms with Crippen LogP contribution in [0.2, 0.25) is 0 Å². The van der Waals surface area contributed by atoms with Gasteiger partial charge in [0.2, 0.25) is 0 Å². The highest BCUT2D eigenvalue weighted by Crippen LogP contribution is 2.11. The summed E-state index contributed by atoms with van der Waals surface area (Å²) < 4.78 is 6.96. The summed E-state index contributed by atoms with van der Waals surface area (Å²) in [6.45, 7) is 2.24. The summed E-state index contributed by atoms with van der Waals surface area (Å²) in [4.78, 5) is 10.6. The Morgan fingerprint density at radius 2 is 2.15 bits per heavy atom. The molecule has 1 aromatic heterocycles. The molecule has 0 bridgehead atoms. The van der Waals surface area contributed by atoms with E-state index in [1.54, 1.807) is 10.9 Å². The number of benzene rings is 1. The minimum atomic E-state index is -0.483. The number of amides is 1. The molecule has 0 fully saturated rings. The van der Waals surface area contributed by atoms with Gasteiger partial charge in [-0.05, 0) is 17.7 Å². The molecule has 0 aliphatic rings. The van der Waals surface area contributed by atoms with Crippen LogP contribution in [0.1, 0.15) is 5.56 Å². The lowest BCUT2D eigenvalue weighted by Crippen LogP contribution is -2.20. The van der Waals surface area contributed by atoms with Gasteiger partial charge in [-0.15, -0.1) is 5.10 Å². The maximum atomic E-state index is 10.6. The third kappa shape index (κ3) is 4.69. The zero-order chi connectivity index (χ0) is 14.2. The van der Waals surface area contributed by atoms with Gasteiger partial charge >= 0.3 is 0 Å². The van der Waals surface area contributed by atoms with E-state index in [1.165, 1.54) is 0 Å². The molecular weight excluding hydrogens is 258 g/mol. The molecule has 7 nitrogen and oxygen atoms in total. The van der Waals surface area contributed by atoms with Crippen LogP contribution in [0.4, 0.5) is 0 Å². The van der Waals surface area contributed by atoms with Crippen LogP contribution >= 0.6 is 0 Å². The lowest BCUT2D eigenvalue weighted by molar-refractivity contribution is -0.119. The third-order valence-corrected chi connectivity index (χ3v) is 2.62. The molecule has 2 aromatic rings. The number of ether oxygens (including phenoxy) is 1. The van der Waals surface area contributed by atoms with Gasteiger partial charge in [0.15, 0.2) is 6.61 Å². The number of rotatable bonds is 8. The van der Waals surface area contributed by atoms with Crippen LogP contribution in [-0.2, 0) is 17.9 Å². The minimum Gasteiger partial charge on any atom is -0.484 e. The molecular formula is C13H17N5O2. The van der Waals surface area contributed by atoms with E-state index in [0.29, 0.717) is 5.75 Å². The number of nitrogens with zero attached hydrogens (tertiary/aromatic N) is 3. The van der Waals surface area contributed by atoms with Gasteiger partial charge in [0.25, 0.3) is 5.91 Å². The number of carbonyl (C=O) groups is 1. The zero-order valence-electron chi connectivity index (χ0n) is 11.0. The van der Waals surface area contributed by atoms with Crippen LogP contribution in [0.25, 0.3) is 0 Å².